The Morgan fingerprint density at radius 3 is 2.67 bits per heavy atom. The molecule has 0 fully saturated rings. The van der Waals surface area contributed by atoms with Gasteiger partial charge in [-0.05, 0) is 12.8 Å². The van der Waals surface area contributed by atoms with Crippen molar-refractivity contribution in [1.29, 1.82) is 0 Å². The Morgan fingerprint density at radius 1 is 1.83 bits per heavy atom. The summed E-state index contributed by atoms with van der Waals surface area (Å²) in [6.07, 6.45) is 6.28. The number of hydrogen-bond donors (Lipinski definition) is 0. The predicted octanol–water partition coefficient (Wildman–Crippen LogP) is 2.12. The van der Waals surface area contributed by atoms with Crippen molar-refractivity contribution >= 4 is 0 Å². The van der Waals surface area contributed by atoms with E-state index in [4.69, 9.17) is 0 Å². The van der Waals surface area contributed by atoms with Crippen LogP contribution in [-0.2, 0) is 0 Å². The van der Waals surface area contributed by atoms with Crippen LogP contribution in [0.1, 0.15) is 26.2 Å². The highest BCUT2D eigenvalue weighted by molar-refractivity contribution is 5.20. The molecule has 0 nitrogen and oxygen atoms in total. The summed E-state index contributed by atoms with van der Waals surface area (Å²) in [5, 5.41) is 0. The van der Waals surface area contributed by atoms with Gasteiger partial charge in [0.15, 0.2) is 0 Å². The van der Waals surface area contributed by atoms with Crippen LogP contribution in [0.25, 0.3) is 0 Å². The molecule has 0 bridgehead atoms. The fourth-order valence-corrected chi connectivity index (χ4v) is 0.597. The topological polar surface area (TPSA) is 0 Å². The van der Waals surface area contributed by atoms with Crippen LogP contribution in [0.5, 0.6) is 0 Å². The molecule has 0 saturated carbocycles. The van der Waals surface area contributed by atoms with Gasteiger partial charge in [0, 0.05) is 0 Å². The van der Waals surface area contributed by atoms with E-state index in [1.165, 1.54) is 19.3 Å². The Labute approximate surface area is 38.9 Å². The van der Waals surface area contributed by atoms with Crippen molar-refractivity contribution in [3.8, 4) is 0 Å². The van der Waals surface area contributed by atoms with Crippen molar-refractivity contribution in [1.82, 2.24) is 0 Å². The van der Waals surface area contributed by atoms with Crippen molar-refractivity contribution in [2.75, 3.05) is 0 Å². The van der Waals surface area contributed by atoms with Gasteiger partial charge in [0.05, 0.1) is 0 Å². The van der Waals surface area contributed by atoms with Gasteiger partial charge in [0.2, 0.25) is 0 Å². The first-order chi connectivity index (χ1) is 2.93. The van der Waals surface area contributed by atoms with Crippen LogP contribution in [0.15, 0.2) is 11.6 Å². The predicted molar refractivity (Wildman–Crippen MR) is 27.6 cm³/mol. The second-order valence-corrected chi connectivity index (χ2v) is 1.82. The molecular weight excluding hydrogens is 72.1 g/mol. The molecule has 0 aromatic carbocycles. The standard InChI is InChI=1S/C6H10/c1-2-3-6-4-5-6/h4H,2-3,5H2,1H3. The van der Waals surface area contributed by atoms with Gasteiger partial charge in [-0.3, -0.25) is 0 Å². The zero-order chi connectivity index (χ0) is 4.41. The third-order valence-corrected chi connectivity index (χ3v) is 1.06. The molecule has 0 heterocycles. The highest BCUT2D eigenvalue weighted by Crippen LogP contribution is 2.22. The molecule has 0 aliphatic heterocycles. The lowest BCUT2D eigenvalue weighted by atomic mass is 10.3. The largest absolute Gasteiger partial charge is 0.0810 e. The van der Waals surface area contributed by atoms with Gasteiger partial charge >= 0.3 is 0 Å². The van der Waals surface area contributed by atoms with Gasteiger partial charge < -0.3 is 0 Å². The fourth-order valence-electron chi connectivity index (χ4n) is 0.597. The first kappa shape index (κ1) is 3.91. The van der Waals surface area contributed by atoms with Crippen LogP contribution in [0.3, 0.4) is 0 Å². The minimum atomic E-state index is 1.31. The number of hydrogen-bond acceptors (Lipinski definition) is 0. The molecule has 34 valence electrons. The summed E-state index contributed by atoms with van der Waals surface area (Å²) in [4.78, 5) is 0. The zero-order valence-corrected chi connectivity index (χ0v) is 4.20. The van der Waals surface area contributed by atoms with Crippen LogP contribution in [-0.4, -0.2) is 0 Å². The smallest absolute Gasteiger partial charge is 0.0136 e. The molecule has 0 atom stereocenters. The molecule has 0 aromatic rings. The summed E-state index contributed by atoms with van der Waals surface area (Å²) >= 11 is 0. The Kier molecular flexibility index (Phi) is 0.952. The third-order valence-electron chi connectivity index (χ3n) is 1.06. The van der Waals surface area contributed by atoms with E-state index in [2.05, 4.69) is 13.0 Å². The first-order valence-corrected chi connectivity index (χ1v) is 2.61. The van der Waals surface area contributed by atoms with E-state index in [9.17, 15) is 0 Å². The normalized spacial score (nSPS) is 17.2. The quantitative estimate of drug-likeness (QED) is 0.447. The maximum atomic E-state index is 2.30. The van der Waals surface area contributed by atoms with Gasteiger partial charge in [0.1, 0.15) is 0 Å². The average Bonchev–Trinajstić information content (AvgIpc) is 2.21. The van der Waals surface area contributed by atoms with Crippen molar-refractivity contribution in [2.24, 2.45) is 0 Å². The van der Waals surface area contributed by atoms with E-state index < -0.39 is 0 Å². The summed E-state index contributed by atoms with van der Waals surface area (Å²) in [5.74, 6) is 0. The zero-order valence-electron chi connectivity index (χ0n) is 4.20. The Morgan fingerprint density at radius 2 is 2.50 bits per heavy atom. The second-order valence-electron chi connectivity index (χ2n) is 1.82. The maximum Gasteiger partial charge on any atom is -0.0136 e. The minimum absolute atomic E-state index is 1.31. The van der Waals surface area contributed by atoms with E-state index in [-0.39, 0.29) is 0 Å². The molecule has 0 heteroatoms. The lowest BCUT2D eigenvalue weighted by molar-refractivity contribution is 0.928. The first-order valence-electron chi connectivity index (χ1n) is 2.61. The molecule has 0 spiro atoms. The van der Waals surface area contributed by atoms with Crippen LogP contribution in [0, 0.1) is 0 Å². The lowest BCUT2D eigenvalue weighted by Gasteiger charge is -1.78. The Hall–Kier alpha value is -0.260. The summed E-state index contributed by atoms with van der Waals surface area (Å²) in [7, 11) is 0. The second kappa shape index (κ2) is 1.46. The van der Waals surface area contributed by atoms with Crippen LogP contribution in [0.4, 0.5) is 0 Å². The molecule has 0 N–H and O–H groups in total. The summed E-state index contributed by atoms with van der Waals surface area (Å²) in [5.41, 5.74) is 1.66. The molecule has 1 aliphatic carbocycles. The summed E-state index contributed by atoms with van der Waals surface area (Å²) in [6, 6.07) is 0. The van der Waals surface area contributed by atoms with Gasteiger partial charge in [-0.1, -0.05) is 25.0 Å². The molecule has 1 rings (SSSR count). The van der Waals surface area contributed by atoms with E-state index in [1.807, 2.05) is 0 Å². The Balaban J connectivity index is 2.02. The monoisotopic (exact) mass is 82.1 g/mol. The molecule has 0 amide bonds. The molecule has 0 radical (unpaired) electrons. The van der Waals surface area contributed by atoms with Gasteiger partial charge in [-0.2, -0.15) is 0 Å². The molecule has 0 saturated heterocycles. The van der Waals surface area contributed by atoms with Crippen molar-refractivity contribution in [3.63, 3.8) is 0 Å². The average molecular weight is 82.1 g/mol. The van der Waals surface area contributed by atoms with Gasteiger partial charge in [-0.25, -0.2) is 0 Å². The number of rotatable bonds is 2. The van der Waals surface area contributed by atoms with Crippen molar-refractivity contribution < 1.29 is 0 Å². The summed E-state index contributed by atoms with van der Waals surface area (Å²) in [6.45, 7) is 2.22. The molecule has 1 aliphatic rings. The van der Waals surface area contributed by atoms with E-state index >= 15 is 0 Å². The van der Waals surface area contributed by atoms with Crippen molar-refractivity contribution in [2.45, 2.75) is 26.2 Å². The number of allylic oxidation sites excluding steroid dienone is 2. The maximum absolute atomic E-state index is 2.30. The highest BCUT2D eigenvalue weighted by atomic mass is 14.1. The van der Waals surface area contributed by atoms with E-state index in [1.54, 1.807) is 5.57 Å². The molecular formula is C6H10. The van der Waals surface area contributed by atoms with Gasteiger partial charge in [0.25, 0.3) is 0 Å². The van der Waals surface area contributed by atoms with Crippen LogP contribution < -0.4 is 0 Å². The molecule has 0 unspecified atom stereocenters. The van der Waals surface area contributed by atoms with Crippen LogP contribution in [0.2, 0.25) is 0 Å². The SMILES string of the molecule is CCCC1=CC1. The van der Waals surface area contributed by atoms with E-state index in [0.717, 1.165) is 0 Å². The van der Waals surface area contributed by atoms with E-state index in [0.29, 0.717) is 0 Å². The lowest BCUT2D eigenvalue weighted by Crippen LogP contribution is -1.59. The Bertz CT molecular complexity index is 70.1. The van der Waals surface area contributed by atoms with Crippen LogP contribution >= 0.6 is 0 Å². The molecule has 0 aromatic heterocycles. The highest BCUT2D eigenvalue weighted by Gasteiger charge is 2.02. The summed E-state index contributed by atoms with van der Waals surface area (Å²) < 4.78 is 0. The minimum Gasteiger partial charge on any atom is -0.0810 e. The molecule has 6 heavy (non-hydrogen) atoms. The fraction of sp³-hybridized carbons (Fsp3) is 0.667. The van der Waals surface area contributed by atoms with Gasteiger partial charge in [-0.15, -0.1) is 0 Å². The third kappa shape index (κ3) is 0.852. The van der Waals surface area contributed by atoms with Crippen molar-refractivity contribution in [3.05, 3.63) is 11.6 Å².